The number of rotatable bonds is 5. The minimum atomic E-state index is -1.92. The smallest absolute Gasteiger partial charge is 0.274 e. The third-order valence-electron chi connectivity index (χ3n) is 4.34. The largest absolute Gasteiger partial charge is 0.482 e. The minimum Gasteiger partial charge on any atom is -0.482 e. The Morgan fingerprint density at radius 2 is 2.00 bits per heavy atom. The van der Waals surface area contributed by atoms with E-state index in [1.165, 1.54) is 17.0 Å². The van der Waals surface area contributed by atoms with E-state index in [-0.39, 0.29) is 29.9 Å². The van der Waals surface area contributed by atoms with Crippen molar-refractivity contribution in [2.45, 2.75) is 18.7 Å². The first kappa shape index (κ1) is 19.0. The summed E-state index contributed by atoms with van der Waals surface area (Å²) in [4.78, 5) is 25.7. The predicted molar refractivity (Wildman–Crippen MR) is 98.0 cm³/mol. The fourth-order valence-electron chi connectivity index (χ4n) is 2.99. The Morgan fingerprint density at radius 1 is 1.30 bits per heavy atom. The highest BCUT2D eigenvalue weighted by atomic mass is 32.2. The van der Waals surface area contributed by atoms with Gasteiger partial charge in [-0.3, -0.25) is 19.7 Å². The first-order valence-corrected chi connectivity index (χ1v) is 9.38. The number of hydroxylamine groups is 1. The van der Waals surface area contributed by atoms with Gasteiger partial charge in [0.2, 0.25) is 0 Å². The number of amides is 2. The third kappa shape index (κ3) is 4.00. The zero-order valence-electron chi connectivity index (χ0n) is 14.4. The number of nitrogens with zero attached hydrogens (tertiary/aromatic N) is 1. The number of fused-ring (bicyclic) bond motifs is 1. The molecule has 3 rings (SSSR count). The van der Waals surface area contributed by atoms with Crippen molar-refractivity contribution in [2.75, 3.05) is 11.5 Å². The summed E-state index contributed by atoms with van der Waals surface area (Å²) in [6.45, 7) is 1.72. The first-order chi connectivity index (χ1) is 12.9. The summed E-state index contributed by atoms with van der Waals surface area (Å²) in [5.41, 5.74) is 3.72. The van der Waals surface area contributed by atoms with Crippen molar-refractivity contribution < 1.29 is 28.3 Å². The molecule has 8 nitrogen and oxygen atoms in total. The van der Waals surface area contributed by atoms with Crippen molar-refractivity contribution >= 4 is 28.6 Å². The molecule has 9 heteroatoms. The topological polar surface area (TPSA) is 116 Å². The molecule has 0 fully saturated rings. The molecular formula is C18H18N2O6S. The highest BCUT2D eigenvalue weighted by Gasteiger charge is 2.31. The average molecular weight is 390 g/mol. The van der Waals surface area contributed by atoms with Crippen LogP contribution in [-0.4, -0.2) is 32.4 Å². The number of carbonyl (C=O) groups is 2. The molecule has 1 aliphatic rings. The molecule has 0 aromatic heterocycles. The monoisotopic (exact) mass is 390 g/mol. The van der Waals surface area contributed by atoms with Gasteiger partial charge in [0, 0.05) is 5.56 Å². The van der Waals surface area contributed by atoms with Crippen LogP contribution < -0.4 is 15.1 Å². The van der Waals surface area contributed by atoms with Gasteiger partial charge in [-0.2, -0.15) is 0 Å². The van der Waals surface area contributed by atoms with Crippen LogP contribution in [0.5, 0.6) is 5.75 Å². The Labute approximate surface area is 158 Å². The molecule has 2 amide bonds. The van der Waals surface area contributed by atoms with Crippen molar-refractivity contribution in [1.29, 1.82) is 0 Å². The zero-order valence-corrected chi connectivity index (χ0v) is 15.2. The lowest BCUT2D eigenvalue weighted by molar-refractivity contribution is -0.121. The molecule has 0 aliphatic carbocycles. The molecule has 0 saturated heterocycles. The molecule has 0 radical (unpaired) electrons. The Morgan fingerprint density at radius 3 is 2.63 bits per heavy atom. The number of benzene rings is 2. The van der Waals surface area contributed by atoms with Crippen LogP contribution in [0.3, 0.4) is 0 Å². The summed E-state index contributed by atoms with van der Waals surface area (Å²) in [5.74, 6) is -0.460. The quantitative estimate of drug-likeness (QED) is 0.409. The Balaban J connectivity index is 1.95. The molecule has 1 heterocycles. The molecule has 2 atom stereocenters. The summed E-state index contributed by atoms with van der Waals surface area (Å²) >= 11 is -1.92. The van der Waals surface area contributed by atoms with E-state index in [0.29, 0.717) is 17.0 Å². The van der Waals surface area contributed by atoms with Gasteiger partial charge in [-0.1, -0.05) is 24.3 Å². The number of nitrogens with one attached hydrogen (secondary N) is 1. The standard InChI is InChI=1S/C18H18N2O6S/c1-11(13-4-2-12(3-5-13)10-27(24)25)20-15-8-14(18(22)19-23)6-7-16(15)26-9-17(20)21/h2-8,11,23H,9-10H2,1H3,(H,19,22)(H,24,25). The highest BCUT2D eigenvalue weighted by Crippen LogP contribution is 2.38. The van der Waals surface area contributed by atoms with E-state index >= 15 is 0 Å². The molecule has 0 spiro atoms. The number of ether oxygens (including phenoxy) is 1. The van der Waals surface area contributed by atoms with Crippen LogP contribution in [-0.2, 0) is 21.6 Å². The summed E-state index contributed by atoms with van der Waals surface area (Å²) in [7, 11) is 0. The first-order valence-electron chi connectivity index (χ1n) is 8.10. The van der Waals surface area contributed by atoms with Crippen LogP contribution in [0.1, 0.15) is 34.5 Å². The third-order valence-corrected chi connectivity index (χ3v) is 4.92. The van der Waals surface area contributed by atoms with E-state index in [2.05, 4.69) is 0 Å². The molecule has 3 N–H and O–H groups in total. The zero-order chi connectivity index (χ0) is 19.6. The Kier molecular flexibility index (Phi) is 5.54. The average Bonchev–Trinajstić information content (AvgIpc) is 2.66. The molecule has 27 heavy (non-hydrogen) atoms. The second-order valence-electron chi connectivity index (χ2n) is 6.06. The van der Waals surface area contributed by atoms with Crippen molar-refractivity contribution in [3.05, 3.63) is 59.2 Å². The fraction of sp³-hybridized carbons (Fsp3) is 0.222. The number of hydrogen-bond acceptors (Lipinski definition) is 5. The molecule has 0 saturated carbocycles. The molecule has 1 aliphatic heterocycles. The van der Waals surface area contributed by atoms with Crippen LogP contribution in [0, 0.1) is 0 Å². The number of anilines is 1. The van der Waals surface area contributed by atoms with E-state index in [1.54, 1.807) is 35.8 Å². The van der Waals surface area contributed by atoms with E-state index in [0.717, 1.165) is 5.56 Å². The maximum Gasteiger partial charge on any atom is 0.274 e. The van der Waals surface area contributed by atoms with Crippen LogP contribution in [0.2, 0.25) is 0 Å². The maximum atomic E-state index is 12.5. The summed E-state index contributed by atoms with van der Waals surface area (Å²) in [5, 5.41) is 8.83. The normalized spacial score (nSPS) is 15.5. The molecule has 2 unspecified atom stereocenters. The van der Waals surface area contributed by atoms with Gasteiger partial charge in [0.25, 0.3) is 11.8 Å². The summed E-state index contributed by atoms with van der Waals surface area (Å²) < 4.78 is 25.3. The van der Waals surface area contributed by atoms with E-state index in [9.17, 15) is 13.8 Å². The van der Waals surface area contributed by atoms with E-state index in [1.807, 2.05) is 6.92 Å². The van der Waals surface area contributed by atoms with Crippen LogP contribution in [0.15, 0.2) is 42.5 Å². The maximum absolute atomic E-state index is 12.5. The molecule has 2 aromatic carbocycles. The number of carbonyl (C=O) groups excluding carboxylic acids is 2. The summed E-state index contributed by atoms with van der Waals surface area (Å²) in [6.07, 6.45) is 0. The van der Waals surface area contributed by atoms with Crippen LogP contribution in [0.4, 0.5) is 5.69 Å². The molecule has 2 aromatic rings. The SMILES string of the molecule is CC(c1ccc(CS(=O)O)cc1)N1C(=O)COc2ccc(C(=O)NO)cc21. The lowest BCUT2D eigenvalue weighted by Gasteiger charge is -2.34. The highest BCUT2D eigenvalue weighted by molar-refractivity contribution is 7.78. The van der Waals surface area contributed by atoms with Crippen LogP contribution >= 0.6 is 0 Å². The predicted octanol–water partition coefficient (Wildman–Crippen LogP) is 2.01. The molecule has 0 bridgehead atoms. The van der Waals surface area contributed by atoms with Gasteiger partial charge < -0.3 is 9.29 Å². The lowest BCUT2D eigenvalue weighted by atomic mass is 10.0. The molecular weight excluding hydrogens is 372 g/mol. The number of hydrogen-bond donors (Lipinski definition) is 3. The van der Waals surface area contributed by atoms with Gasteiger partial charge in [0.05, 0.1) is 17.5 Å². The van der Waals surface area contributed by atoms with Gasteiger partial charge in [-0.15, -0.1) is 0 Å². The Bertz CT molecular complexity index is 899. The van der Waals surface area contributed by atoms with Crippen molar-refractivity contribution in [2.24, 2.45) is 0 Å². The van der Waals surface area contributed by atoms with Gasteiger partial charge in [0.1, 0.15) is 5.75 Å². The second kappa shape index (κ2) is 7.87. The lowest BCUT2D eigenvalue weighted by Crippen LogP contribution is -2.40. The minimum absolute atomic E-state index is 0.0353. The van der Waals surface area contributed by atoms with Gasteiger partial charge >= 0.3 is 0 Å². The summed E-state index contributed by atoms with van der Waals surface area (Å²) in [6, 6.07) is 11.2. The fourth-order valence-corrected chi connectivity index (χ4v) is 3.46. The van der Waals surface area contributed by atoms with Crippen LogP contribution in [0.25, 0.3) is 0 Å². The van der Waals surface area contributed by atoms with Gasteiger partial charge in [-0.25, -0.2) is 9.69 Å². The van der Waals surface area contributed by atoms with Crippen molar-refractivity contribution in [3.63, 3.8) is 0 Å². The second-order valence-corrected chi connectivity index (χ2v) is 6.99. The van der Waals surface area contributed by atoms with E-state index in [4.69, 9.17) is 14.5 Å². The Hall–Kier alpha value is -2.75. The molecule has 142 valence electrons. The van der Waals surface area contributed by atoms with E-state index < -0.39 is 17.0 Å². The van der Waals surface area contributed by atoms with Gasteiger partial charge in [-0.05, 0) is 36.2 Å². The van der Waals surface area contributed by atoms with Crippen molar-refractivity contribution in [1.82, 2.24) is 5.48 Å². The van der Waals surface area contributed by atoms with Gasteiger partial charge in [0.15, 0.2) is 17.7 Å². The van der Waals surface area contributed by atoms with Crippen molar-refractivity contribution in [3.8, 4) is 5.75 Å².